The van der Waals surface area contributed by atoms with E-state index in [-0.39, 0.29) is 11.5 Å². The average Bonchev–Trinajstić information content (AvgIpc) is 3.08. The van der Waals surface area contributed by atoms with Gasteiger partial charge < -0.3 is 11.1 Å². The van der Waals surface area contributed by atoms with Crippen molar-refractivity contribution < 1.29 is 0 Å². The summed E-state index contributed by atoms with van der Waals surface area (Å²) in [4.78, 5) is 13.5. The van der Waals surface area contributed by atoms with Crippen molar-refractivity contribution in [3.63, 3.8) is 0 Å². The minimum absolute atomic E-state index is 0.188. The molecule has 0 radical (unpaired) electrons. The molecular formula is C22H24N6. The minimum atomic E-state index is 0.188. The molecule has 1 aliphatic heterocycles. The Morgan fingerprint density at radius 3 is 2.46 bits per heavy atom. The summed E-state index contributed by atoms with van der Waals surface area (Å²) in [6.07, 6.45) is 8.17. The van der Waals surface area contributed by atoms with Crippen molar-refractivity contribution in [3.8, 4) is 11.3 Å². The van der Waals surface area contributed by atoms with Crippen molar-refractivity contribution in [1.82, 2.24) is 9.97 Å². The first kappa shape index (κ1) is 17.1. The van der Waals surface area contributed by atoms with Gasteiger partial charge in [0.2, 0.25) is 0 Å². The number of hydrogen-bond donors (Lipinski definition) is 3. The number of benzene rings is 1. The molecule has 4 aliphatic rings. The first-order valence-corrected chi connectivity index (χ1v) is 10.0. The molecule has 0 saturated heterocycles. The molecule has 4 N–H and O–H groups in total. The van der Waals surface area contributed by atoms with Crippen LogP contribution in [0.15, 0.2) is 47.6 Å². The molecule has 1 atom stereocenters. The quantitative estimate of drug-likeness (QED) is 0.758. The zero-order valence-corrected chi connectivity index (χ0v) is 15.7. The summed E-state index contributed by atoms with van der Waals surface area (Å²) in [7, 11) is 0. The Kier molecular flexibility index (Phi) is 4.19. The second-order valence-corrected chi connectivity index (χ2v) is 8.03. The minimum Gasteiger partial charge on any atom is -0.382 e. The third-order valence-corrected chi connectivity index (χ3v) is 6.28. The molecule has 0 amide bonds. The van der Waals surface area contributed by atoms with Crippen LogP contribution in [-0.4, -0.2) is 27.6 Å². The topological polar surface area (TPSA) is 100 Å². The number of nitrogens with one attached hydrogen (secondary N) is 2. The van der Waals surface area contributed by atoms with Crippen LogP contribution in [-0.2, 0) is 0 Å². The number of anilines is 1. The van der Waals surface area contributed by atoms with Crippen LogP contribution in [0.3, 0.4) is 0 Å². The summed E-state index contributed by atoms with van der Waals surface area (Å²) < 4.78 is 0. The summed E-state index contributed by atoms with van der Waals surface area (Å²) in [5.41, 5.74) is 8.41. The monoisotopic (exact) mass is 372 g/mol. The van der Waals surface area contributed by atoms with Crippen LogP contribution in [0.2, 0.25) is 0 Å². The fourth-order valence-corrected chi connectivity index (χ4v) is 4.71. The smallest absolute Gasteiger partial charge is 0.165 e. The van der Waals surface area contributed by atoms with Crippen molar-refractivity contribution in [1.29, 1.82) is 5.41 Å². The van der Waals surface area contributed by atoms with Crippen LogP contribution >= 0.6 is 0 Å². The van der Waals surface area contributed by atoms with E-state index in [2.05, 4.69) is 10.3 Å². The Morgan fingerprint density at radius 2 is 1.82 bits per heavy atom. The fourth-order valence-electron chi connectivity index (χ4n) is 4.71. The van der Waals surface area contributed by atoms with E-state index in [0.29, 0.717) is 17.4 Å². The van der Waals surface area contributed by atoms with Gasteiger partial charge >= 0.3 is 0 Å². The molecule has 1 aromatic carbocycles. The normalized spacial score (nSPS) is 26.1. The van der Waals surface area contributed by atoms with Crippen LogP contribution in [0.5, 0.6) is 0 Å². The molecule has 28 heavy (non-hydrogen) atoms. The van der Waals surface area contributed by atoms with Gasteiger partial charge in [0, 0.05) is 23.9 Å². The highest BCUT2D eigenvalue weighted by Crippen LogP contribution is 2.42. The first-order valence-electron chi connectivity index (χ1n) is 10.0. The summed E-state index contributed by atoms with van der Waals surface area (Å²) in [5.74, 6) is 3.10. The molecule has 0 spiro atoms. The zero-order chi connectivity index (χ0) is 19.1. The lowest BCUT2D eigenvalue weighted by atomic mass is 9.68. The van der Waals surface area contributed by atoms with Crippen LogP contribution in [0.4, 0.5) is 5.82 Å². The van der Waals surface area contributed by atoms with Crippen molar-refractivity contribution in [2.24, 2.45) is 22.6 Å². The van der Waals surface area contributed by atoms with E-state index in [1.54, 1.807) is 6.20 Å². The Morgan fingerprint density at radius 1 is 1.04 bits per heavy atom. The highest BCUT2D eigenvalue weighted by Gasteiger charge is 2.35. The number of aliphatic imine (C=N–C) groups is 1. The van der Waals surface area contributed by atoms with Crippen molar-refractivity contribution in [2.45, 2.75) is 38.1 Å². The summed E-state index contributed by atoms with van der Waals surface area (Å²) in [6.45, 7) is 0. The van der Waals surface area contributed by atoms with E-state index in [1.165, 1.54) is 32.1 Å². The van der Waals surface area contributed by atoms with E-state index in [1.807, 2.05) is 36.4 Å². The summed E-state index contributed by atoms with van der Waals surface area (Å²) in [6, 6.07) is 12.6. The number of aromatic nitrogens is 2. The van der Waals surface area contributed by atoms with E-state index in [4.69, 9.17) is 21.1 Å². The largest absolute Gasteiger partial charge is 0.382 e. The van der Waals surface area contributed by atoms with Gasteiger partial charge in [0.15, 0.2) is 5.82 Å². The van der Waals surface area contributed by atoms with Crippen LogP contribution in [0.25, 0.3) is 16.8 Å². The van der Waals surface area contributed by atoms with Gasteiger partial charge in [-0.1, -0.05) is 43.2 Å². The number of rotatable bonds is 4. The lowest BCUT2D eigenvalue weighted by molar-refractivity contribution is 0.157. The SMILES string of the molecule is N=C1C(c2nc(N[C@H]3CC4CCC3CC4)cc(-c3ccccc3)n2)=CN=C1N. The Bertz CT molecular complexity index is 970. The number of nitrogens with two attached hydrogens (primary N) is 1. The molecular weight excluding hydrogens is 348 g/mol. The maximum absolute atomic E-state index is 8.19. The molecule has 6 rings (SSSR count). The van der Waals surface area contributed by atoms with Gasteiger partial charge in [0.05, 0.1) is 11.3 Å². The first-order chi connectivity index (χ1) is 13.7. The Labute approximate surface area is 164 Å². The van der Waals surface area contributed by atoms with Gasteiger partial charge in [0.1, 0.15) is 17.4 Å². The second kappa shape index (κ2) is 6.86. The molecule has 6 heteroatoms. The van der Waals surface area contributed by atoms with Gasteiger partial charge in [-0.15, -0.1) is 0 Å². The molecule has 1 aromatic heterocycles. The Balaban J connectivity index is 1.51. The number of nitrogens with zero attached hydrogens (tertiary/aromatic N) is 3. The lowest BCUT2D eigenvalue weighted by Gasteiger charge is -2.42. The second-order valence-electron chi connectivity index (χ2n) is 8.03. The third kappa shape index (κ3) is 3.09. The van der Waals surface area contributed by atoms with Gasteiger partial charge in [-0.05, 0) is 31.1 Å². The van der Waals surface area contributed by atoms with Gasteiger partial charge in [0.25, 0.3) is 0 Å². The average molecular weight is 372 g/mol. The van der Waals surface area contributed by atoms with Gasteiger partial charge in [-0.3, -0.25) is 5.41 Å². The van der Waals surface area contributed by atoms with E-state index < -0.39 is 0 Å². The van der Waals surface area contributed by atoms with E-state index >= 15 is 0 Å². The highest BCUT2D eigenvalue weighted by molar-refractivity contribution is 6.57. The number of amidine groups is 1. The predicted molar refractivity (Wildman–Crippen MR) is 112 cm³/mol. The third-order valence-electron chi connectivity index (χ3n) is 6.28. The summed E-state index contributed by atoms with van der Waals surface area (Å²) >= 11 is 0. The highest BCUT2D eigenvalue weighted by atomic mass is 15.1. The van der Waals surface area contributed by atoms with Gasteiger partial charge in [-0.25, -0.2) is 15.0 Å². The molecule has 2 aromatic rings. The Hall–Kier alpha value is -3.02. The molecule has 2 bridgehead atoms. The number of fused-ring (bicyclic) bond motifs is 3. The standard InChI is InChI=1S/C22H24N6/c23-20-16(12-25-21(20)24)22-27-18(14-4-2-1-3-5-14)11-19(28-22)26-17-10-13-6-8-15(17)9-7-13/h1-5,11-13,15,17H,6-10H2,(H3,23,24,25)(H,26,27,28)/t13?,15?,17-/m0/s1. The van der Waals surface area contributed by atoms with Crippen molar-refractivity contribution in [3.05, 3.63) is 48.4 Å². The molecule has 142 valence electrons. The van der Waals surface area contributed by atoms with Crippen LogP contribution in [0, 0.1) is 17.2 Å². The molecule has 3 aliphatic carbocycles. The molecule has 3 saturated carbocycles. The molecule has 2 heterocycles. The maximum Gasteiger partial charge on any atom is 0.165 e. The van der Waals surface area contributed by atoms with Crippen LogP contribution in [0.1, 0.15) is 37.9 Å². The summed E-state index contributed by atoms with van der Waals surface area (Å²) in [5, 5.41) is 11.9. The lowest BCUT2D eigenvalue weighted by Crippen LogP contribution is -2.40. The number of hydrogen-bond acceptors (Lipinski definition) is 6. The van der Waals surface area contributed by atoms with Gasteiger partial charge in [-0.2, -0.15) is 0 Å². The fraction of sp³-hybridized carbons (Fsp3) is 0.364. The van der Waals surface area contributed by atoms with Crippen LogP contribution < -0.4 is 11.1 Å². The molecule has 6 nitrogen and oxygen atoms in total. The van der Waals surface area contributed by atoms with Crippen molar-refractivity contribution >= 4 is 22.9 Å². The zero-order valence-electron chi connectivity index (χ0n) is 15.7. The predicted octanol–water partition coefficient (Wildman–Crippen LogP) is 3.87. The molecule has 0 unspecified atom stereocenters. The maximum atomic E-state index is 8.19. The van der Waals surface area contributed by atoms with E-state index in [9.17, 15) is 0 Å². The van der Waals surface area contributed by atoms with Crippen molar-refractivity contribution in [2.75, 3.05) is 5.32 Å². The van der Waals surface area contributed by atoms with E-state index in [0.717, 1.165) is 28.9 Å². The molecule has 3 fully saturated rings.